The van der Waals surface area contributed by atoms with Gasteiger partial charge in [-0.05, 0) is 60.6 Å². The minimum atomic E-state index is -0.279. The second-order valence-electron chi connectivity index (χ2n) is 7.23. The van der Waals surface area contributed by atoms with Crippen LogP contribution in [-0.4, -0.2) is 23.7 Å². The van der Waals surface area contributed by atoms with Crippen molar-refractivity contribution >= 4 is 17.5 Å². The molecule has 5 heteroatoms. The number of hydrogen-bond donors (Lipinski definition) is 2. The predicted molar refractivity (Wildman–Crippen MR) is 101 cm³/mol. The molecule has 4 rings (SSSR count). The van der Waals surface area contributed by atoms with Crippen molar-refractivity contribution in [2.45, 2.75) is 38.3 Å². The molecule has 1 heterocycles. The van der Waals surface area contributed by atoms with Crippen LogP contribution in [0.5, 0.6) is 5.75 Å². The maximum Gasteiger partial charge on any atom is 0.253 e. The van der Waals surface area contributed by atoms with Gasteiger partial charge in [0.15, 0.2) is 0 Å². The van der Waals surface area contributed by atoms with Crippen LogP contribution in [-0.2, 0) is 6.42 Å². The normalized spacial score (nSPS) is 22.1. The highest BCUT2D eigenvalue weighted by Gasteiger charge is 2.36. The maximum atomic E-state index is 12.9. The first-order chi connectivity index (χ1) is 12.5. The van der Waals surface area contributed by atoms with Crippen LogP contribution in [0.1, 0.15) is 45.9 Å². The average molecular weight is 372 g/mol. The van der Waals surface area contributed by atoms with Gasteiger partial charge in [0.1, 0.15) is 5.75 Å². The summed E-state index contributed by atoms with van der Waals surface area (Å²) in [6, 6.07) is 11.4. The van der Waals surface area contributed by atoms with Gasteiger partial charge in [0.25, 0.3) is 5.91 Å². The second-order valence-corrected chi connectivity index (χ2v) is 7.64. The Kier molecular flexibility index (Phi) is 4.63. The lowest BCUT2D eigenvalue weighted by molar-refractivity contribution is 0.0235. The minimum Gasteiger partial charge on any atom is -0.493 e. The molecule has 1 fully saturated rings. The Labute approximate surface area is 158 Å². The first-order valence-electron chi connectivity index (χ1n) is 9.02. The van der Waals surface area contributed by atoms with Crippen LogP contribution >= 0.6 is 11.6 Å². The SMILES string of the molecule is Cc1cccc(Cl)c1C(=O)NC(c1ccc2c(c1)CCO2)C1CC(O)C1. The Bertz CT molecular complexity index is 825. The molecule has 0 radical (unpaired) electrons. The number of rotatable bonds is 4. The van der Waals surface area contributed by atoms with Gasteiger partial charge in [-0.3, -0.25) is 4.79 Å². The van der Waals surface area contributed by atoms with Crippen molar-refractivity contribution in [3.63, 3.8) is 0 Å². The van der Waals surface area contributed by atoms with E-state index in [4.69, 9.17) is 16.3 Å². The van der Waals surface area contributed by atoms with Crippen molar-refractivity contribution in [1.29, 1.82) is 0 Å². The summed E-state index contributed by atoms with van der Waals surface area (Å²) in [7, 11) is 0. The first kappa shape index (κ1) is 17.4. The summed E-state index contributed by atoms with van der Waals surface area (Å²) in [5, 5.41) is 13.4. The smallest absolute Gasteiger partial charge is 0.253 e. The third kappa shape index (κ3) is 3.19. The third-order valence-electron chi connectivity index (χ3n) is 5.43. The number of amides is 1. The van der Waals surface area contributed by atoms with Gasteiger partial charge in [-0.1, -0.05) is 29.8 Å². The van der Waals surface area contributed by atoms with Gasteiger partial charge in [0, 0.05) is 6.42 Å². The van der Waals surface area contributed by atoms with Crippen LogP contribution in [0.2, 0.25) is 5.02 Å². The van der Waals surface area contributed by atoms with E-state index in [-0.39, 0.29) is 24.0 Å². The van der Waals surface area contributed by atoms with E-state index in [0.29, 0.717) is 30.0 Å². The summed E-state index contributed by atoms with van der Waals surface area (Å²) >= 11 is 6.26. The Hall–Kier alpha value is -2.04. The predicted octanol–water partition coefficient (Wildman–Crippen LogP) is 3.83. The van der Waals surface area contributed by atoms with E-state index in [1.807, 2.05) is 31.2 Å². The summed E-state index contributed by atoms with van der Waals surface area (Å²) < 4.78 is 5.59. The van der Waals surface area contributed by atoms with Crippen molar-refractivity contribution in [1.82, 2.24) is 5.32 Å². The van der Waals surface area contributed by atoms with Crippen molar-refractivity contribution in [2.75, 3.05) is 6.61 Å². The zero-order valence-electron chi connectivity index (χ0n) is 14.7. The molecule has 1 aliphatic carbocycles. The monoisotopic (exact) mass is 371 g/mol. The Balaban J connectivity index is 1.63. The number of carbonyl (C=O) groups is 1. The zero-order valence-corrected chi connectivity index (χ0v) is 15.4. The molecule has 2 aromatic carbocycles. The van der Waals surface area contributed by atoms with E-state index in [0.717, 1.165) is 23.3 Å². The number of halogens is 1. The Morgan fingerprint density at radius 2 is 2.12 bits per heavy atom. The summed E-state index contributed by atoms with van der Waals surface area (Å²) in [6.07, 6.45) is 2.00. The quantitative estimate of drug-likeness (QED) is 0.858. The molecular weight excluding hydrogens is 350 g/mol. The molecule has 2 aliphatic rings. The van der Waals surface area contributed by atoms with E-state index >= 15 is 0 Å². The molecule has 1 unspecified atom stereocenters. The van der Waals surface area contributed by atoms with Crippen LogP contribution < -0.4 is 10.1 Å². The highest BCUT2D eigenvalue weighted by Crippen LogP contribution is 2.40. The second kappa shape index (κ2) is 6.93. The van der Waals surface area contributed by atoms with Gasteiger partial charge >= 0.3 is 0 Å². The fourth-order valence-electron chi connectivity index (χ4n) is 3.91. The standard InChI is InChI=1S/C21H22ClNO3/c1-12-3-2-4-17(22)19(12)21(25)23-20(15-10-16(24)11-15)14-5-6-18-13(9-14)7-8-26-18/h2-6,9,15-16,20,24H,7-8,10-11H2,1H3,(H,23,25). The fourth-order valence-corrected chi connectivity index (χ4v) is 4.22. The summed E-state index contributed by atoms with van der Waals surface area (Å²) in [6.45, 7) is 2.59. The van der Waals surface area contributed by atoms with Crippen molar-refractivity contribution < 1.29 is 14.6 Å². The topological polar surface area (TPSA) is 58.6 Å². The Morgan fingerprint density at radius 3 is 2.85 bits per heavy atom. The average Bonchev–Trinajstić information content (AvgIpc) is 3.04. The fraction of sp³-hybridized carbons (Fsp3) is 0.381. The number of fused-ring (bicyclic) bond motifs is 1. The van der Waals surface area contributed by atoms with Gasteiger partial charge in [-0.25, -0.2) is 0 Å². The van der Waals surface area contributed by atoms with Crippen LogP contribution in [0.15, 0.2) is 36.4 Å². The molecule has 2 aromatic rings. The minimum absolute atomic E-state index is 0.146. The molecule has 1 atom stereocenters. The molecule has 4 nitrogen and oxygen atoms in total. The largest absolute Gasteiger partial charge is 0.493 e. The molecule has 0 aromatic heterocycles. The molecule has 0 spiro atoms. The highest BCUT2D eigenvalue weighted by atomic mass is 35.5. The lowest BCUT2D eigenvalue weighted by Gasteiger charge is -2.38. The number of aryl methyl sites for hydroxylation is 1. The molecule has 1 saturated carbocycles. The Morgan fingerprint density at radius 1 is 1.31 bits per heavy atom. The molecule has 136 valence electrons. The summed E-state index contributed by atoms with van der Waals surface area (Å²) in [5.41, 5.74) is 3.60. The van der Waals surface area contributed by atoms with Gasteiger partial charge in [0.2, 0.25) is 0 Å². The number of hydrogen-bond acceptors (Lipinski definition) is 3. The number of aliphatic hydroxyl groups excluding tert-OH is 1. The van der Waals surface area contributed by atoms with Gasteiger partial charge in [-0.2, -0.15) is 0 Å². The van der Waals surface area contributed by atoms with Crippen LogP contribution in [0.4, 0.5) is 0 Å². The van der Waals surface area contributed by atoms with E-state index in [2.05, 4.69) is 11.4 Å². The van der Waals surface area contributed by atoms with E-state index < -0.39 is 0 Å². The molecule has 26 heavy (non-hydrogen) atoms. The number of nitrogens with one attached hydrogen (secondary N) is 1. The molecule has 1 aliphatic heterocycles. The van der Waals surface area contributed by atoms with Gasteiger partial charge < -0.3 is 15.2 Å². The first-order valence-corrected chi connectivity index (χ1v) is 9.40. The lowest BCUT2D eigenvalue weighted by Crippen LogP contribution is -2.41. The number of benzene rings is 2. The zero-order chi connectivity index (χ0) is 18.3. The number of aliphatic hydroxyl groups is 1. The summed E-state index contributed by atoms with van der Waals surface area (Å²) in [4.78, 5) is 12.9. The third-order valence-corrected chi connectivity index (χ3v) is 5.74. The van der Waals surface area contributed by atoms with Crippen molar-refractivity contribution in [3.8, 4) is 5.75 Å². The molecule has 2 N–H and O–H groups in total. The number of ether oxygens (including phenoxy) is 1. The van der Waals surface area contributed by atoms with Crippen molar-refractivity contribution in [2.24, 2.45) is 5.92 Å². The van der Waals surface area contributed by atoms with Crippen molar-refractivity contribution in [3.05, 3.63) is 63.7 Å². The van der Waals surface area contributed by atoms with Gasteiger partial charge in [-0.15, -0.1) is 0 Å². The van der Waals surface area contributed by atoms with E-state index in [1.165, 1.54) is 5.56 Å². The highest BCUT2D eigenvalue weighted by molar-refractivity contribution is 6.34. The van der Waals surface area contributed by atoms with Crippen LogP contribution in [0.3, 0.4) is 0 Å². The van der Waals surface area contributed by atoms with E-state index in [9.17, 15) is 9.90 Å². The number of carbonyl (C=O) groups excluding carboxylic acids is 1. The van der Waals surface area contributed by atoms with Crippen LogP contribution in [0.25, 0.3) is 0 Å². The summed E-state index contributed by atoms with van der Waals surface area (Å²) in [5.74, 6) is 0.975. The lowest BCUT2D eigenvalue weighted by atomic mass is 9.74. The van der Waals surface area contributed by atoms with Crippen LogP contribution in [0, 0.1) is 12.8 Å². The van der Waals surface area contributed by atoms with Gasteiger partial charge in [0.05, 0.1) is 29.3 Å². The molecule has 1 amide bonds. The molecular formula is C21H22ClNO3. The maximum absolute atomic E-state index is 12.9. The molecule has 0 saturated heterocycles. The van der Waals surface area contributed by atoms with E-state index in [1.54, 1.807) is 6.07 Å². The molecule has 0 bridgehead atoms.